The molecule has 1 fully saturated rings. The van der Waals surface area contributed by atoms with Gasteiger partial charge in [0.1, 0.15) is 0 Å². The molecule has 1 amide bonds. The topological polar surface area (TPSA) is 58.4 Å². The summed E-state index contributed by atoms with van der Waals surface area (Å²) in [5, 5.41) is 2.96. The number of carbonyl (C=O) groups excluding carboxylic acids is 1. The summed E-state index contributed by atoms with van der Waals surface area (Å²) < 4.78 is 1.05. The summed E-state index contributed by atoms with van der Waals surface area (Å²) in [6.07, 6.45) is 1.93. The Morgan fingerprint density at radius 3 is 2.95 bits per heavy atom. The quantitative estimate of drug-likeness (QED) is 0.889. The molecule has 0 spiro atoms. The third-order valence-electron chi connectivity index (χ3n) is 3.84. The van der Waals surface area contributed by atoms with E-state index < -0.39 is 0 Å². The molecule has 2 unspecified atom stereocenters. The van der Waals surface area contributed by atoms with E-state index in [2.05, 4.69) is 33.1 Å². The minimum Gasteiger partial charge on any atom is -0.328 e. The second-order valence-electron chi connectivity index (χ2n) is 5.62. The minimum absolute atomic E-state index is 0.0362. The highest BCUT2D eigenvalue weighted by Gasteiger charge is 2.24. The third kappa shape index (κ3) is 4.04. The number of nitrogens with zero attached hydrogens (tertiary/aromatic N) is 1. The fourth-order valence-electron chi connectivity index (χ4n) is 2.60. The largest absolute Gasteiger partial charge is 0.328 e. The molecule has 1 aliphatic rings. The second-order valence-corrected chi connectivity index (χ2v) is 6.47. The number of hydrogen-bond acceptors (Lipinski definition) is 3. The van der Waals surface area contributed by atoms with Gasteiger partial charge >= 0.3 is 0 Å². The first kappa shape index (κ1) is 15.5. The van der Waals surface area contributed by atoms with E-state index in [1.807, 2.05) is 25.1 Å². The maximum Gasteiger partial charge on any atom is 0.238 e. The number of rotatable bonds is 3. The van der Waals surface area contributed by atoms with E-state index in [4.69, 9.17) is 5.73 Å². The van der Waals surface area contributed by atoms with Crippen molar-refractivity contribution < 1.29 is 4.79 Å². The highest BCUT2D eigenvalue weighted by Crippen LogP contribution is 2.20. The maximum atomic E-state index is 12.1. The molecule has 1 aromatic rings. The third-order valence-corrected chi connectivity index (χ3v) is 4.73. The lowest BCUT2D eigenvalue weighted by Crippen LogP contribution is -2.48. The first-order chi connectivity index (χ1) is 9.45. The molecule has 0 aromatic heterocycles. The predicted molar refractivity (Wildman–Crippen MR) is 85.8 cm³/mol. The van der Waals surface area contributed by atoms with Gasteiger partial charge in [-0.05, 0) is 50.5 Å². The van der Waals surface area contributed by atoms with Crippen LogP contribution in [0.3, 0.4) is 0 Å². The van der Waals surface area contributed by atoms with E-state index >= 15 is 0 Å². The molecule has 1 heterocycles. The first-order valence-electron chi connectivity index (χ1n) is 7.01. The van der Waals surface area contributed by atoms with E-state index in [1.54, 1.807) is 0 Å². The average Bonchev–Trinajstić information content (AvgIpc) is 2.37. The highest BCUT2D eigenvalue weighted by atomic mass is 79.9. The van der Waals surface area contributed by atoms with Crippen LogP contribution < -0.4 is 11.1 Å². The van der Waals surface area contributed by atoms with Gasteiger partial charge in [-0.3, -0.25) is 9.69 Å². The number of hydrogen-bond donors (Lipinski definition) is 2. The molecule has 5 heteroatoms. The summed E-state index contributed by atoms with van der Waals surface area (Å²) in [7, 11) is 0. The Morgan fingerprint density at radius 1 is 1.55 bits per heavy atom. The predicted octanol–water partition coefficient (Wildman–Crippen LogP) is 2.51. The van der Waals surface area contributed by atoms with E-state index in [-0.39, 0.29) is 11.9 Å². The number of piperidine rings is 1. The zero-order valence-electron chi connectivity index (χ0n) is 12.0. The number of halogens is 1. The van der Waals surface area contributed by atoms with Crippen LogP contribution >= 0.6 is 15.9 Å². The summed E-state index contributed by atoms with van der Waals surface area (Å²) in [5.41, 5.74) is 7.90. The van der Waals surface area contributed by atoms with Crippen LogP contribution in [-0.2, 0) is 4.79 Å². The molecule has 4 nitrogen and oxygen atoms in total. The van der Waals surface area contributed by atoms with Crippen LogP contribution in [0.4, 0.5) is 5.69 Å². The average molecular weight is 340 g/mol. The molecular weight excluding hydrogens is 318 g/mol. The lowest BCUT2D eigenvalue weighted by Gasteiger charge is -2.35. The SMILES string of the molecule is Cc1cc(NC(=O)CN2CCC(N)CC2C)ccc1Br. The first-order valence-corrected chi connectivity index (χ1v) is 7.80. The number of carbonyl (C=O) groups is 1. The molecule has 3 N–H and O–H groups in total. The number of nitrogens with one attached hydrogen (secondary N) is 1. The van der Waals surface area contributed by atoms with Crippen LogP contribution in [0, 0.1) is 6.92 Å². The molecule has 0 bridgehead atoms. The van der Waals surface area contributed by atoms with Crippen LogP contribution in [0.2, 0.25) is 0 Å². The molecule has 20 heavy (non-hydrogen) atoms. The van der Waals surface area contributed by atoms with Crippen LogP contribution in [0.15, 0.2) is 22.7 Å². The molecule has 0 radical (unpaired) electrons. The number of anilines is 1. The van der Waals surface area contributed by atoms with Crippen molar-refractivity contribution in [2.24, 2.45) is 5.73 Å². The zero-order valence-corrected chi connectivity index (χ0v) is 13.6. The van der Waals surface area contributed by atoms with Gasteiger partial charge in [-0.15, -0.1) is 0 Å². The van der Waals surface area contributed by atoms with Crippen LogP contribution in [0.25, 0.3) is 0 Å². The van der Waals surface area contributed by atoms with E-state index in [0.717, 1.165) is 35.1 Å². The van der Waals surface area contributed by atoms with Gasteiger partial charge in [-0.25, -0.2) is 0 Å². The normalized spacial score (nSPS) is 23.6. The lowest BCUT2D eigenvalue weighted by atomic mass is 9.99. The van der Waals surface area contributed by atoms with Crippen molar-refractivity contribution in [2.45, 2.75) is 38.8 Å². The molecule has 0 saturated carbocycles. The molecule has 2 atom stereocenters. The van der Waals surface area contributed by atoms with E-state index in [9.17, 15) is 4.79 Å². The van der Waals surface area contributed by atoms with Crippen molar-refractivity contribution in [1.82, 2.24) is 4.90 Å². The van der Waals surface area contributed by atoms with Gasteiger partial charge in [0.2, 0.25) is 5.91 Å². The number of benzene rings is 1. The number of nitrogens with two attached hydrogens (primary N) is 1. The Labute approximate surface area is 128 Å². The van der Waals surface area contributed by atoms with Crippen LogP contribution in [-0.4, -0.2) is 36.0 Å². The highest BCUT2D eigenvalue weighted by molar-refractivity contribution is 9.10. The van der Waals surface area contributed by atoms with Crippen molar-refractivity contribution in [3.63, 3.8) is 0 Å². The molecule has 0 aliphatic carbocycles. The Bertz CT molecular complexity index is 492. The fourth-order valence-corrected chi connectivity index (χ4v) is 2.85. The number of likely N-dealkylation sites (tertiary alicyclic amines) is 1. The van der Waals surface area contributed by atoms with Gasteiger partial charge in [-0.1, -0.05) is 15.9 Å². The Morgan fingerprint density at radius 2 is 2.30 bits per heavy atom. The summed E-state index contributed by atoms with van der Waals surface area (Å²) in [5.74, 6) is 0.0362. The summed E-state index contributed by atoms with van der Waals surface area (Å²) in [6.45, 7) is 5.47. The lowest BCUT2D eigenvalue weighted by molar-refractivity contribution is -0.118. The maximum absolute atomic E-state index is 12.1. The van der Waals surface area contributed by atoms with Crippen molar-refractivity contribution in [1.29, 1.82) is 0 Å². The molecule has 1 aromatic carbocycles. The molecule has 2 rings (SSSR count). The van der Waals surface area contributed by atoms with Gasteiger partial charge in [0, 0.05) is 28.8 Å². The molecule has 1 aliphatic heterocycles. The van der Waals surface area contributed by atoms with Crippen molar-refractivity contribution in [3.8, 4) is 0 Å². The summed E-state index contributed by atoms with van der Waals surface area (Å²) in [4.78, 5) is 14.3. The van der Waals surface area contributed by atoms with Gasteiger partial charge in [-0.2, -0.15) is 0 Å². The molecule has 1 saturated heterocycles. The summed E-state index contributed by atoms with van der Waals surface area (Å²) >= 11 is 3.46. The van der Waals surface area contributed by atoms with Crippen molar-refractivity contribution in [3.05, 3.63) is 28.2 Å². The van der Waals surface area contributed by atoms with Gasteiger partial charge in [0.05, 0.1) is 6.54 Å². The smallest absolute Gasteiger partial charge is 0.238 e. The van der Waals surface area contributed by atoms with Crippen LogP contribution in [0.1, 0.15) is 25.3 Å². The van der Waals surface area contributed by atoms with Crippen molar-refractivity contribution >= 4 is 27.5 Å². The van der Waals surface area contributed by atoms with Gasteiger partial charge in [0.25, 0.3) is 0 Å². The standard InChI is InChI=1S/C15H22BrN3O/c1-10-7-13(3-4-14(10)16)18-15(20)9-19-6-5-12(17)8-11(19)2/h3-4,7,11-12H,5-6,8-9,17H2,1-2H3,(H,18,20). The Kier molecular flexibility index (Phi) is 5.18. The molecule has 110 valence electrons. The number of amides is 1. The minimum atomic E-state index is 0.0362. The van der Waals surface area contributed by atoms with E-state index in [1.165, 1.54) is 0 Å². The number of aryl methyl sites for hydroxylation is 1. The van der Waals surface area contributed by atoms with Gasteiger partial charge < -0.3 is 11.1 Å². The Balaban J connectivity index is 1.90. The van der Waals surface area contributed by atoms with Gasteiger partial charge in [0.15, 0.2) is 0 Å². The fraction of sp³-hybridized carbons (Fsp3) is 0.533. The van der Waals surface area contributed by atoms with Crippen LogP contribution in [0.5, 0.6) is 0 Å². The summed E-state index contributed by atoms with van der Waals surface area (Å²) in [6, 6.07) is 6.48. The monoisotopic (exact) mass is 339 g/mol. The van der Waals surface area contributed by atoms with E-state index in [0.29, 0.717) is 12.6 Å². The second kappa shape index (κ2) is 6.70. The van der Waals surface area contributed by atoms with Crippen molar-refractivity contribution in [2.75, 3.05) is 18.4 Å². The zero-order chi connectivity index (χ0) is 14.7. The Hall–Kier alpha value is -0.910. The molecular formula is C15H22BrN3O.